The van der Waals surface area contributed by atoms with Crippen LogP contribution in [0.5, 0.6) is 0 Å². The number of amides is 1. The molecule has 6 heteroatoms. The molecule has 18 heavy (non-hydrogen) atoms. The SMILES string of the molecule is Cl.NCC1CCN(C(=O)c2cccnc2Cl)CC1. The number of rotatable bonds is 2. The summed E-state index contributed by atoms with van der Waals surface area (Å²) in [5.74, 6) is 0.516. The zero-order chi connectivity index (χ0) is 12.3. The molecular formula is C12H17Cl2N3O. The van der Waals surface area contributed by atoms with Crippen LogP contribution in [0, 0.1) is 5.92 Å². The highest BCUT2D eigenvalue weighted by Crippen LogP contribution is 2.20. The summed E-state index contributed by atoms with van der Waals surface area (Å²) in [6, 6.07) is 3.44. The van der Waals surface area contributed by atoms with Gasteiger partial charge >= 0.3 is 0 Å². The lowest BCUT2D eigenvalue weighted by Gasteiger charge is -2.31. The van der Waals surface area contributed by atoms with Crippen molar-refractivity contribution in [2.75, 3.05) is 19.6 Å². The Morgan fingerprint density at radius 2 is 2.17 bits per heavy atom. The number of nitrogens with zero attached hydrogens (tertiary/aromatic N) is 2. The number of carbonyl (C=O) groups excluding carboxylic acids is 1. The maximum Gasteiger partial charge on any atom is 0.256 e. The van der Waals surface area contributed by atoms with E-state index in [9.17, 15) is 4.79 Å². The summed E-state index contributed by atoms with van der Waals surface area (Å²) >= 11 is 5.92. The molecule has 1 aromatic rings. The van der Waals surface area contributed by atoms with Gasteiger partial charge in [-0.25, -0.2) is 4.98 Å². The molecule has 2 heterocycles. The molecule has 1 amide bonds. The van der Waals surface area contributed by atoms with Crippen molar-refractivity contribution in [2.24, 2.45) is 11.7 Å². The highest BCUT2D eigenvalue weighted by atomic mass is 35.5. The highest BCUT2D eigenvalue weighted by Gasteiger charge is 2.24. The van der Waals surface area contributed by atoms with E-state index >= 15 is 0 Å². The van der Waals surface area contributed by atoms with E-state index < -0.39 is 0 Å². The predicted molar refractivity (Wildman–Crippen MR) is 74.2 cm³/mol. The molecule has 0 bridgehead atoms. The maximum atomic E-state index is 12.2. The Bertz CT molecular complexity index is 406. The molecule has 0 radical (unpaired) electrons. The van der Waals surface area contributed by atoms with Gasteiger partial charge < -0.3 is 10.6 Å². The van der Waals surface area contributed by atoms with Crippen LogP contribution < -0.4 is 5.73 Å². The minimum Gasteiger partial charge on any atom is -0.339 e. The van der Waals surface area contributed by atoms with E-state index in [1.54, 1.807) is 18.3 Å². The maximum absolute atomic E-state index is 12.2. The van der Waals surface area contributed by atoms with E-state index in [1.807, 2.05) is 4.90 Å². The topological polar surface area (TPSA) is 59.2 Å². The number of aromatic nitrogens is 1. The van der Waals surface area contributed by atoms with Gasteiger partial charge in [0.05, 0.1) is 5.56 Å². The first-order valence-corrected chi connectivity index (χ1v) is 6.20. The summed E-state index contributed by atoms with van der Waals surface area (Å²) in [7, 11) is 0. The third-order valence-corrected chi connectivity index (χ3v) is 3.53. The Kier molecular flexibility index (Phi) is 5.85. The molecule has 0 aromatic carbocycles. The van der Waals surface area contributed by atoms with Crippen LogP contribution in [0.15, 0.2) is 18.3 Å². The van der Waals surface area contributed by atoms with E-state index in [0.29, 0.717) is 18.0 Å². The third kappa shape index (κ3) is 3.34. The van der Waals surface area contributed by atoms with Crippen LogP contribution >= 0.6 is 24.0 Å². The van der Waals surface area contributed by atoms with Crippen LogP contribution in [0.25, 0.3) is 0 Å². The number of hydrogen-bond donors (Lipinski definition) is 1. The Morgan fingerprint density at radius 1 is 1.50 bits per heavy atom. The van der Waals surface area contributed by atoms with E-state index in [2.05, 4.69) is 4.98 Å². The van der Waals surface area contributed by atoms with Gasteiger partial charge in [0.15, 0.2) is 0 Å². The first-order valence-electron chi connectivity index (χ1n) is 5.82. The number of carbonyl (C=O) groups is 1. The van der Waals surface area contributed by atoms with Gasteiger partial charge in [0.1, 0.15) is 5.15 Å². The summed E-state index contributed by atoms with van der Waals surface area (Å²) in [6.07, 6.45) is 3.53. The van der Waals surface area contributed by atoms with Crippen LogP contribution in [0.1, 0.15) is 23.2 Å². The molecular weight excluding hydrogens is 273 g/mol. The Morgan fingerprint density at radius 3 is 2.72 bits per heavy atom. The van der Waals surface area contributed by atoms with Gasteiger partial charge in [0, 0.05) is 19.3 Å². The fraction of sp³-hybridized carbons (Fsp3) is 0.500. The van der Waals surface area contributed by atoms with Crippen molar-refractivity contribution in [1.29, 1.82) is 0 Å². The second kappa shape index (κ2) is 6.92. The molecule has 1 aromatic heterocycles. The Hall–Kier alpha value is -0.840. The van der Waals surface area contributed by atoms with Crippen LogP contribution in [0.4, 0.5) is 0 Å². The Balaban J connectivity index is 0.00000162. The largest absolute Gasteiger partial charge is 0.339 e. The minimum atomic E-state index is -0.0291. The molecule has 0 saturated carbocycles. The molecule has 0 spiro atoms. The second-order valence-corrected chi connectivity index (χ2v) is 4.67. The van der Waals surface area contributed by atoms with E-state index in [4.69, 9.17) is 17.3 Å². The van der Waals surface area contributed by atoms with Gasteiger partial charge in [-0.1, -0.05) is 11.6 Å². The quantitative estimate of drug-likeness (QED) is 0.847. The molecule has 2 N–H and O–H groups in total. The van der Waals surface area contributed by atoms with Crippen LogP contribution in [-0.2, 0) is 0 Å². The Labute approximate surface area is 118 Å². The lowest BCUT2D eigenvalue weighted by atomic mass is 9.97. The first-order chi connectivity index (χ1) is 8.22. The van der Waals surface area contributed by atoms with E-state index in [-0.39, 0.29) is 23.5 Å². The lowest BCUT2D eigenvalue weighted by molar-refractivity contribution is 0.0693. The van der Waals surface area contributed by atoms with Crippen molar-refractivity contribution >= 4 is 29.9 Å². The number of pyridine rings is 1. The molecule has 0 atom stereocenters. The molecule has 1 fully saturated rings. The van der Waals surface area contributed by atoms with Gasteiger partial charge in [-0.15, -0.1) is 12.4 Å². The molecule has 100 valence electrons. The zero-order valence-corrected chi connectivity index (χ0v) is 11.6. The fourth-order valence-corrected chi connectivity index (χ4v) is 2.29. The van der Waals surface area contributed by atoms with Crippen molar-refractivity contribution in [3.63, 3.8) is 0 Å². The van der Waals surface area contributed by atoms with Crippen molar-refractivity contribution in [2.45, 2.75) is 12.8 Å². The summed E-state index contributed by atoms with van der Waals surface area (Å²) in [5, 5.41) is 0.276. The average molecular weight is 290 g/mol. The van der Waals surface area contributed by atoms with E-state index in [1.165, 1.54) is 0 Å². The molecule has 0 unspecified atom stereocenters. The molecule has 2 rings (SSSR count). The number of piperidine rings is 1. The standard InChI is InChI=1S/C12H16ClN3O.ClH/c13-11-10(2-1-5-15-11)12(17)16-6-3-9(8-14)4-7-16;/h1-2,5,9H,3-4,6-8,14H2;1H. The highest BCUT2D eigenvalue weighted by molar-refractivity contribution is 6.32. The number of halogens is 2. The van der Waals surface area contributed by atoms with E-state index in [0.717, 1.165) is 25.9 Å². The minimum absolute atomic E-state index is 0. The summed E-state index contributed by atoms with van der Waals surface area (Å²) in [6.45, 7) is 2.22. The lowest BCUT2D eigenvalue weighted by Crippen LogP contribution is -2.40. The number of nitrogens with two attached hydrogens (primary N) is 1. The summed E-state index contributed by atoms with van der Waals surface area (Å²) < 4.78 is 0. The monoisotopic (exact) mass is 289 g/mol. The van der Waals surface area contributed by atoms with Gasteiger partial charge in [0.25, 0.3) is 5.91 Å². The van der Waals surface area contributed by atoms with Gasteiger partial charge in [0.2, 0.25) is 0 Å². The first kappa shape index (κ1) is 15.2. The molecule has 1 aliphatic rings. The molecule has 1 saturated heterocycles. The van der Waals surface area contributed by atoms with Crippen LogP contribution in [-0.4, -0.2) is 35.4 Å². The van der Waals surface area contributed by atoms with Gasteiger partial charge in [-0.05, 0) is 37.4 Å². The van der Waals surface area contributed by atoms with Gasteiger partial charge in [-0.3, -0.25) is 4.79 Å². The zero-order valence-electron chi connectivity index (χ0n) is 10.0. The van der Waals surface area contributed by atoms with Crippen molar-refractivity contribution in [3.05, 3.63) is 29.0 Å². The molecule has 1 aliphatic heterocycles. The molecule has 4 nitrogen and oxygen atoms in total. The third-order valence-electron chi connectivity index (χ3n) is 3.22. The van der Waals surface area contributed by atoms with Crippen LogP contribution in [0.2, 0.25) is 5.15 Å². The molecule has 0 aliphatic carbocycles. The summed E-state index contributed by atoms with van der Waals surface area (Å²) in [5.41, 5.74) is 6.11. The normalized spacial score (nSPS) is 16.2. The van der Waals surface area contributed by atoms with Crippen molar-refractivity contribution in [1.82, 2.24) is 9.88 Å². The second-order valence-electron chi connectivity index (χ2n) is 4.31. The predicted octanol–water partition coefficient (Wildman–Crippen LogP) is 1.97. The van der Waals surface area contributed by atoms with Crippen LogP contribution in [0.3, 0.4) is 0 Å². The van der Waals surface area contributed by atoms with Crippen molar-refractivity contribution < 1.29 is 4.79 Å². The van der Waals surface area contributed by atoms with Crippen molar-refractivity contribution in [3.8, 4) is 0 Å². The smallest absolute Gasteiger partial charge is 0.256 e. The number of likely N-dealkylation sites (tertiary alicyclic amines) is 1. The fourth-order valence-electron chi connectivity index (χ4n) is 2.09. The summed E-state index contributed by atoms with van der Waals surface area (Å²) in [4.78, 5) is 17.9. The average Bonchev–Trinajstić information content (AvgIpc) is 2.39. The number of hydrogen-bond acceptors (Lipinski definition) is 3. The van der Waals surface area contributed by atoms with Gasteiger partial charge in [-0.2, -0.15) is 0 Å².